The van der Waals surface area contributed by atoms with Gasteiger partial charge in [-0.2, -0.15) is 0 Å². The van der Waals surface area contributed by atoms with Crippen LogP contribution in [-0.4, -0.2) is 20.1 Å². The molecule has 0 saturated heterocycles. The quantitative estimate of drug-likeness (QED) is 0.800. The minimum atomic E-state index is -3.43. The standard InChI is InChI=1S/C15H19NO3S/c1-11-6-5-7-12-13(11)16-14(17)15(10-20(12,18)19)8-3-2-4-9-15/h5-7H,2-4,8-10H2,1H3,(H,16,17). The molecule has 0 unspecified atom stereocenters. The van der Waals surface area contributed by atoms with Gasteiger partial charge in [-0.05, 0) is 31.4 Å². The summed E-state index contributed by atoms with van der Waals surface area (Å²) in [4.78, 5) is 12.9. The van der Waals surface area contributed by atoms with Gasteiger partial charge in [-0.15, -0.1) is 0 Å². The lowest BCUT2D eigenvalue weighted by Crippen LogP contribution is -2.41. The van der Waals surface area contributed by atoms with Crippen LogP contribution in [0.5, 0.6) is 0 Å². The monoisotopic (exact) mass is 293 g/mol. The number of fused-ring (bicyclic) bond motifs is 1. The number of benzene rings is 1. The smallest absolute Gasteiger partial charge is 0.231 e. The Morgan fingerprint density at radius 2 is 1.85 bits per heavy atom. The molecule has 0 atom stereocenters. The molecule has 5 heteroatoms. The van der Waals surface area contributed by atoms with E-state index in [0.717, 1.165) is 24.8 Å². The van der Waals surface area contributed by atoms with Gasteiger partial charge >= 0.3 is 0 Å². The number of hydrogen-bond acceptors (Lipinski definition) is 3. The Balaban J connectivity index is 2.15. The third kappa shape index (κ3) is 2.04. The molecule has 1 aromatic rings. The van der Waals surface area contributed by atoms with Crippen molar-refractivity contribution in [3.05, 3.63) is 23.8 Å². The molecule has 2 aliphatic rings. The predicted octanol–water partition coefficient (Wildman–Crippen LogP) is 2.67. The van der Waals surface area contributed by atoms with Crippen LogP contribution in [0.2, 0.25) is 0 Å². The molecule has 1 amide bonds. The Labute approximate surface area is 119 Å². The zero-order valence-electron chi connectivity index (χ0n) is 11.6. The van der Waals surface area contributed by atoms with Crippen molar-refractivity contribution in [1.29, 1.82) is 0 Å². The number of sulfone groups is 1. The maximum Gasteiger partial charge on any atom is 0.231 e. The molecule has 0 radical (unpaired) electrons. The van der Waals surface area contributed by atoms with Crippen molar-refractivity contribution in [3.8, 4) is 0 Å². The summed E-state index contributed by atoms with van der Waals surface area (Å²) in [5, 5.41) is 2.89. The minimum Gasteiger partial charge on any atom is -0.324 e. The molecule has 0 aromatic heterocycles. The highest BCUT2D eigenvalue weighted by molar-refractivity contribution is 7.91. The Bertz CT molecular complexity index is 658. The van der Waals surface area contributed by atoms with Gasteiger partial charge in [0.15, 0.2) is 9.84 Å². The average molecular weight is 293 g/mol. The predicted molar refractivity (Wildman–Crippen MR) is 77.4 cm³/mol. The van der Waals surface area contributed by atoms with Crippen molar-refractivity contribution >= 4 is 21.4 Å². The normalized spacial score (nSPS) is 23.8. The number of nitrogens with one attached hydrogen (secondary N) is 1. The van der Waals surface area contributed by atoms with E-state index in [1.165, 1.54) is 0 Å². The van der Waals surface area contributed by atoms with Crippen LogP contribution >= 0.6 is 0 Å². The number of rotatable bonds is 0. The van der Waals surface area contributed by atoms with E-state index in [1.54, 1.807) is 12.1 Å². The number of amides is 1. The van der Waals surface area contributed by atoms with Crippen molar-refractivity contribution < 1.29 is 13.2 Å². The summed E-state index contributed by atoms with van der Waals surface area (Å²) in [6.07, 6.45) is 4.29. The first kappa shape index (κ1) is 13.6. The van der Waals surface area contributed by atoms with E-state index in [-0.39, 0.29) is 16.6 Å². The Kier molecular flexibility index (Phi) is 3.12. The number of carbonyl (C=O) groups is 1. The van der Waals surface area contributed by atoms with Crippen LogP contribution in [-0.2, 0) is 14.6 Å². The van der Waals surface area contributed by atoms with Crippen LogP contribution in [0, 0.1) is 12.3 Å². The zero-order valence-corrected chi connectivity index (χ0v) is 12.4. The van der Waals surface area contributed by atoms with Gasteiger partial charge in [-0.3, -0.25) is 4.79 Å². The third-order valence-electron chi connectivity index (χ3n) is 4.57. The molecule has 1 N–H and O–H groups in total. The Hall–Kier alpha value is -1.36. The molecule has 20 heavy (non-hydrogen) atoms. The molecule has 4 nitrogen and oxygen atoms in total. The average Bonchev–Trinajstić information content (AvgIpc) is 2.48. The van der Waals surface area contributed by atoms with Crippen LogP contribution in [0.4, 0.5) is 5.69 Å². The highest BCUT2D eigenvalue weighted by Gasteiger charge is 2.46. The first-order chi connectivity index (χ1) is 9.45. The van der Waals surface area contributed by atoms with Crippen LogP contribution in [0.25, 0.3) is 0 Å². The maximum atomic E-state index is 12.7. The summed E-state index contributed by atoms with van der Waals surface area (Å²) in [5.41, 5.74) is 0.537. The largest absolute Gasteiger partial charge is 0.324 e. The fourth-order valence-corrected chi connectivity index (χ4v) is 5.52. The van der Waals surface area contributed by atoms with Crippen LogP contribution in [0.3, 0.4) is 0 Å². The Morgan fingerprint density at radius 3 is 2.55 bits per heavy atom. The second-order valence-electron chi connectivity index (χ2n) is 6.00. The molecule has 1 aliphatic carbocycles. The summed E-state index contributed by atoms with van der Waals surface area (Å²) in [7, 11) is -3.43. The third-order valence-corrected chi connectivity index (χ3v) is 6.51. The van der Waals surface area contributed by atoms with Gasteiger partial charge < -0.3 is 5.32 Å². The minimum absolute atomic E-state index is 0.0533. The van der Waals surface area contributed by atoms with Gasteiger partial charge in [0, 0.05) is 0 Å². The van der Waals surface area contributed by atoms with E-state index in [0.29, 0.717) is 18.5 Å². The van der Waals surface area contributed by atoms with Gasteiger partial charge in [0.1, 0.15) is 0 Å². The lowest BCUT2D eigenvalue weighted by molar-refractivity contribution is -0.126. The summed E-state index contributed by atoms with van der Waals surface area (Å²) in [5.74, 6) is -0.170. The molecule has 1 spiro atoms. The number of hydrogen-bond donors (Lipinski definition) is 1. The molecule has 108 valence electrons. The molecule has 1 heterocycles. The number of aryl methyl sites for hydroxylation is 1. The lowest BCUT2D eigenvalue weighted by Gasteiger charge is -2.33. The van der Waals surface area contributed by atoms with E-state index < -0.39 is 15.3 Å². The molecule has 1 aromatic carbocycles. The van der Waals surface area contributed by atoms with Gasteiger partial charge in [-0.25, -0.2) is 8.42 Å². The summed E-state index contributed by atoms with van der Waals surface area (Å²) >= 11 is 0. The lowest BCUT2D eigenvalue weighted by atomic mass is 9.75. The molecule has 0 bridgehead atoms. The van der Waals surface area contributed by atoms with E-state index in [9.17, 15) is 13.2 Å². The van der Waals surface area contributed by atoms with Crippen molar-refractivity contribution in [2.24, 2.45) is 5.41 Å². The van der Waals surface area contributed by atoms with E-state index in [4.69, 9.17) is 0 Å². The highest BCUT2D eigenvalue weighted by atomic mass is 32.2. The zero-order chi connectivity index (χ0) is 14.4. The molecular formula is C15H19NO3S. The van der Waals surface area contributed by atoms with Crippen molar-refractivity contribution in [3.63, 3.8) is 0 Å². The van der Waals surface area contributed by atoms with Crippen molar-refractivity contribution in [1.82, 2.24) is 0 Å². The molecule has 1 saturated carbocycles. The molecular weight excluding hydrogens is 274 g/mol. The van der Waals surface area contributed by atoms with Gasteiger partial charge in [0.2, 0.25) is 5.91 Å². The summed E-state index contributed by atoms with van der Waals surface area (Å²) in [6.45, 7) is 1.83. The molecule has 1 aliphatic heterocycles. The topological polar surface area (TPSA) is 63.2 Å². The van der Waals surface area contributed by atoms with E-state index in [2.05, 4.69) is 5.32 Å². The molecule has 1 fully saturated rings. The number of para-hydroxylation sites is 1. The van der Waals surface area contributed by atoms with Crippen LogP contribution in [0.1, 0.15) is 37.7 Å². The highest BCUT2D eigenvalue weighted by Crippen LogP contribution is 2.43. The fourth-order valence-electron chi connectivity index (χ4n) is 3.41. The SMILES string of the molecule is Cc1cccc2c1NC(=O)C1(CCCCC1)CS2(=O)=O. The first-order valence-corrected chi connectivity index (χ1v) is 8.74. The van der Waals surface area contributed by atoms with Crippen molar-refractivity contribution in [2.75, 3.05) is 11.1 Å². The van der Waals surface area contributed by atoms with Crippen LogP contribution < -0.4 is 5.32 Å². The van der Waals surface area contributed by atoms with Gasteiger partial charge in [-0.1, -0.05) is 31.4 Å². The number of anilines is 1. The van der Waals surface area contributed by atoms with Gasteiger partial charge in [0.05, 0.1) is 21.8 Å². The molecule has 3 rings (SSSR count). The maximum absolute atomic E-state index is 12.7. The van der Waals surface area contributed by atoms with Crippen molar-refractivity contribution in [2.45, 2.75) is 43.9 Å². The first-order valence-electron chi connectivity index (χ1n) is 7.08. The summed E-state index contributed by atoms with van der Waals surface area (Å²) < 4.78 is 25.3. The fraction of sp³-hybridized carbons (Fsp3) is 0.533. The Morgan fingerprint density at radius 1 is 1.15 bits per heavy atom. The van der Waals surface area contributed by atoms with E-state index >= 15 is 0 Å². The van der Waals surface area contributed by atoms with E-state index in [1.807, 2.05) is 13.0 Å². The second kappa shape index (κ2) is 4.58. The number of carbonyl (C=O) groups excluding carboxylic acids is 1. The van der Waals surface area contributed by atoms with Crippen LogP contribution in [0.15, 0.2) is 23.1 Å². The van der Waals surface area contributed by atoms with Gasteiger partial charge in [0.25, 0.3) is 0 Å². The summed E-state index contributed by atoms with van der Waals surface area (Å²) in [6, 6.07) is 5.16. The second-order valence-corrected chi connectivity index (χ2v) is 7.96.